The molecule has 0 spiro atoms. The van der Waals surface area contributed by atoms with E-state index in [1.54, 1.807) is 12.3 Å². The lowest BCUT2D eigenvalue weighted by Crippen LogP contribution is -2.01. The Kier molecular flexibility index (Phi) is 8.00. The average molecular weight is 444 g/mol. The Labute approximate surface area is 187 Å². The Morgan fingerprint density at radius 3 is 2.20 bits per heavy atom. The zero-order valence-electron chi connectivity index (χ0n) is 16.9. The first-order chi connectivity index (χ1) is 14.6. The van der Waals surface area contributed by atoms with Gasteiger partial charge in [0, 0.05) is 11.2 Å². The summed E-state index contributed by atoms with van der Waals surface area (Å²) in [6.07, 6.45) is 1.74. The third-order valence-electron chi connectivity index (χ3n) is 4.14. The molecule has 30 heavy (non-hydrogen) atoms. The Hall–Kier alpha value is -2.69. The predicted octanol–water partition coefficient (Wildman–Crippen LogP) is 7.12. The summed E-state index contributed by atoms with van der Waals surface area (Å²) in [5, 5.41) is 1.14. The average Bonchev–Trinajstić information content (AvgIpc) is 2.74. The molecule has 0 radical (unpaired) electrons. The van der Waals surface area contributed by atoms with Gasteiger partial charge in [-0.2, -0.15) is 0 Å². The van der Waals surface area contributed by atoms with Gasteiger partial charge in [-0.15, -0.1) is 0 Å². The largest absolute Gasteiger partial charge is 0.494 e. The molecule has 0 unspecified atom stereocenters. The summed E-state index contributed by atoms with van der Waals surface area (Å²) in [6.45, 7) is 5.35. The van der Waals surface area contributed by atoms with Crippen molar-refractivity contribution in [2.24, 2.45) is 4.99 Å². The highest BCUT2D eigenvalue weighted by atomic mass is 35.5. The first-order valence-electron chi connectivity index (χ1n) is 9.69. The van der Waals surface area contributed by atoms with Crippen LogP contribution >= 0.6 is 23.2 Å². The molecule has 0 heterocycles. The van der Waals surface area contributed by atoms with E-state index in [1.807, 2.05) is 68.4 Å². The first kappa shape index (κ1) is 22.0. The van der Waals surface area contributed by atoms with Crippen molar-refractivity contribution in [1.82, 2.24) is 0 Å². The molecule has 3 aromatic rings. The Bertz CT molecular complexity index is 987. The highest BCUT2D eigenvalue weighted by Gasteiger charge is 2.12. The Balaban J connectivity index is 1.76. The molecule has 3 rings (SSSR count). The minimum Gasteiger partial charge on any atom is -0.494 e. The van der Waals surface area contributed by atoms with Gasteiger partial charge in [-0.25, -0.2) is 0 Å². The van der Waals surface area contributed by atoms with Crippen LogP contribution < -0.4 is 14.2 Å². The second-order valence-electron chi connectivity index (χ2n) is 6.36. The van der Waals surface area contributed by atoms with E-state index in [2.05, 4.69) is 4.99 Å². The quantitative estimate of drug-likeness (QED) is 0.330. The Morgan fingerprint density at radius 1 is 0.833 bits per heavy atom. The van der Waals surface area contributed by atoms with Gasteiger partial charge in [0.1, 0.15) is 12.4 Å². The van der Waals surface area contributed by atoms with Gasteiger partial charge in [0.25, 0.3) is 0 Å². The molecule has 0 N–H and O–H groups in total. The fourth-order valence-electron chi connectivity index (χ4n) is 2.75. The molecule has 0 saturated heterocycles. The summed E-state index contributed by atoms with van der Waals surface area (Å²) in [4.78, 5) is 4.50. The van der Waals surface area contributed by atoms with Gasteiger partial charge in [-0.3, -0.25) is 4.99 Å². The van der Waals surface area contributed by atoms with Crippen LogP contribution in [0.1, 0.15) is 25.0 Å². The molecule has 0 bridgehead atoms. The van der Waals surface area contributed by atoms with Crippen molar-refractivity contribution < 1.29 is 14.2 Å². The van der Waals surface area contributed by atoms with E-state index in [0.29, 0.717) is 41.4 Å². The molecular formula is C24H23Cl2NO3. The number of rotatable bonds is 9. The van der Waals surface area contributed by atoms with Gasteiger partial charge in [-0.1, -0.05) is 35.3 Å². The molecule has 0 aliphatic rings. The number of nitrogens with zero attached hydrogens (tertiary/aromatic N) is 1. The minimum atomic E-state index is 0.358. The van der Waals surface area contributed by atoms with Crippen LogP contribution in [0.4, 0.5) is 5.69 Å². The predicted molar refractivity (Wildman–Crippen MR) is 123 cm³/mol. The van der Waals surface area contributed by atoms with Crippen LogP contribution in [0, 0.1) is 0 Å². The molecule has 6 heteroatoms. The molecule has 0 amide bonds. The van der Waals surface area contributed by atoms with E-state index in [4.69, 9.17) is 37.4 Å². The van der Waals surface area contributed by atoms with E-state index in [0.717, 1.165) is 22.6 Å². The van der Waals surface area contributed by atoms with Crippen molar-refractivity contribution in [2.45, 2.75) is 20.5 Å². The Morgan fingerprint density at radius 2 is 1.53 bits per heavy atom. The molecular weight excluding hydrogens is 421 g/mol. The summed E-state index contributed by atoms with van der Waals surface area (Å²) in [6, 6.07) is 18.7. The molecule has 0 aromatic heterocycles. The summed E-state index contributed by atoms with van der Waals surface area (Å²) in [7, 11) is 0. The summed E-state index contributed by atoms with van der Waals surface area (Å²) in [5.41, 5.74) is 2.62. The van der Waals surface area contributed by atoms with E-state index in [9.17, 15) is 0 Å². The van der Waals surface area contributed by atoms with Crippen molar-refractivity contribution in [3.63, 3.8) is 0 Å². The van der Waals surface area contributed by atoms with E-state index < -0.39 is 0 Å². The van der Waals surface area contributed by atoms with Crippen LogP contribution in [0.2, 0.25) is 10.0 Å². The van der Waals surface area contributed by atoms with Crippen LogP contribution in [0.3, 0.4) is 0 Å². The molecule has 0 atom stereocenters. The number of halogens is 2. The zero-order valence-corrected chi connectivity index (χ0v) is 18.4. The molecule has 0 fully saturated rings. The number of aliphatic imine (C=N–C) groups is 1. The van der Waals surface area contributed by atoms with Gasteiger partial charge >= 0.3 is 0 Å². The molecule has 156 valence electrons. The summed E-state index contributed by atoms with van der Waals surface area (Å²) in [5.74, 6) is 1.90. The second-order valence-corrected chi connectivity index (χ2v) is 7.21. The van der Waals surface area contributed by atoms with Gasteiger partial charge in [-0.05, 0) is 73.5 Å². The monoisotopic (exact) mass is 443 g/mol. The lowest BCUT2D eigenvalue weighted by molar-refractivity contribution is 0.269. The van der Waals surface area contributed by atoms with Crippen LogP contribution in [-0.2, 0) is 6.61 Å². The van der Waals surface area contributed by atoms with Crippen molar-refractivity contribution in [3.05, 3.63) is 81.8 Å². The fraction of sp³-hybridized carbons (Fsp3) is 0.208. The second kappa shape index (κ2) is 10.9. The number of hydrogen-bond donors (Lipinski definition) is 0. The third kappa shape index (κ3) is 6.15. The standard InChI is InChI=1S/C24H23Cl2NO3/c1-3-28-21-11-9-20(10-12-21)27-15-18-13-22(26)24(23(14-18)29-4-2)30-16-17-5-7-19(25)8-6-17/h5-15H,3-4,16H2,1-2H3. The lowest BCUT2D eigenvalue weighted by Gasteiger charge is -2.14. The normalized spacial score (nSPS) is 10.9. The summed E-state index contributed by atoms with van der Waals surface area (Å²) < 4.78 is 17.1. The van der Waals surface area contributed by atoms with Crippen LogP contribution in [0.25, 0.3) is 0 Å². The van der Waals surface area contributed by atoms with Gasteiger partial charge in [0.2, 0.25) is 0 Å². The molecule has 3 aromatic carbocycles. The first-order valence-corrected chi connectivity index (χ1v) is 10.4. The number of benzene rings is 3. The van der Waals surface area contributed by atoms with Gasteiger partial charge in [0.05, 0.1) is 23.9 Å². The van der Waals surface area contributed by atoms with Crippen molar-refractivity contribution in [3.8, 4) is 17.2 Å². The topological polar surface area (TPSA) is 40.0 Å². The fourth-order valence-corrected chi connectivity index (χ4v) is 3.15. The summed E-state index contributed by atoms with van der Waals surface area (Å²) >= 11 is 12.4. The smallest absolute Gasteiger partial charge is 0.180 e. The number of hydrogen-bond acceptors (Lipinski definition) is 4. The van der Waals surface area contributed by atoms with Crippen molar-refractivity contribution in [1.29, 1.82) is 0 Å². The zero-order chi connectivity index (χ0) is 21.3. The number of ether oxygens (including phenoxy) is 3. The molecule has 0 saturated carbocycles. The highest BCUT2D eigenvalue weighted by molar-refractivity contribution is 6.32. The minimum absolute atomic E-state index is 0.358. The molecule has 0 aliphatic carbocycles. The van der Waals surface area contributed by atoms with Crippen LogP contribution in [0.15, 0.2) is 65.7 Å². The van der Waals surface area contributed by atoms with Crippen molar-refractivity contribution >= 4 is 35.1 Å². The lowest BCUT2D eigenvalue weighted by atomic mass is 10.2. The highest BCUT2D eigenvalue weighted by Crippen LogP contribution is 2.37. The van der Waals surface area contributed by atoms with Crippen molar-refractivity contribution in [2.75, 3.05) is 13.2 Å². The maximum Gasteiger partial charge on any atom is 0.180 e. The maximum absolute atomic E-state index is 6.49. The molecule has 4 nitrogen and oxygen atoms in total. The van der Waals surface area contributed by atoms with Gasteiger partial charge < -0.3 is 14.2 Å². The molecule has 0 aliphatic heterocycles. The van der Waals surface area contributed by atoms with E-state index in [-0.39, 0.29) is 0 Å². The maximum atomic E-state index is 6.49. The third-order valence-corrected chi connectivity index (χ3v) is 4.67. The van der Waals surface area contributed by atoms with E-state index >= 15 is 0 Å². The van der Waals surface area contributed by atoms with Crippen LogP contribution in [-0.4, -0.2) is 19.4 Å². The SMILES string of the molecule is CCOc1ccc(N=Cc2cc(Cl)c(OCc3ccc(Cl)cc3)c(OCC)c2)cc1. The van der Waals surface area contributed by atoms with Gasteiger partial charge in [0.15, 0.2) is 11.5 Å². The van der Waals surface area contributed by atoms with Crippen LogP contribution in [0.5, 0.6) is 17.2 Å². The van der Waals surface area contributed by atoms with E-state index in [1.165, 1.54) is 0 Å².